The normalized spacial score (nSPS) is 26.7. The molecule has 23 heavy (non-hydrogen) atoms. The fourth-order valence-electron chi connectivity index (χ4n) is 3.99. The van der Waals surface area contributed by atoms with Gasteiger partial charge >= 0.3 is 5.97 Å². The minimum atomic E-state index is -0.787. The Labute approximate surface area is 134 Å². The number of likely N-dealkylation sites (tertiary alicyclic amines) is 1. The number of hydrogen-bond acceptors (Lipinski definition) is 3. The average Bonchev–Trinajstić information content (AvgIpc) is 3.02. The van der Waals surface area contributed by atoms with Gasteiger partial charge in [0, 0.05) is 18.7 Å². The molecule has 3 atom stereocenters. The number of carboxylic acid groups (broad SMARTS) is 1. The first kappa shape index (κ1) is 15.8. The van der Waals surface area contributed by atoms with Crippen molar-refractivity contribution in [1.82, 2.24) is 4.90 Å². The second-order valence-corrected chi connectivity index (χ2v) is 6.24. The summed E-state index contributed by atoms with van der Waals surface area (Å²) in [6.45, 7) is 0.364. The van der Waals surface area contributed by atoms with Gasteiger partial charge in [-0.05, 0) is 37.3 Å². The number of fused-ring (bicyclic) bond motifs is 1. The summed E-state index contributed by atoms with van der Waals surface area (Å²) in [6.07, 6.45) is 2.95. The molecule has 0 aromatic heterocycles. The Bertz CT molecular complexity index is 633. The summed E-state index contributed by atoms with van der Waals surface area (Å²) in [5.74, 6) is -1.80. The van der Waals surface area contributed by atoms with Gasteiger partial charge in [0.2, 0.25) is 0 Å². The SMILES string of the molecule is COc1ccc(C(=O)N2CCC(C(=O)O)C3CCCC32)c(F)c1. The van der Waals surface area contributed by atoms with Crippen LogP contribution in [0.4, 0.5) is 4.39 Å². The minimum Gasteiger partial charge on any atom is -0.497 e. The number of carboxylic acids is 1. The molecule has 1 aliphatic heterocycles. The predicted molar refractivity (Wildman–Crippen MR) is 80.9 cm³/mol. The molecule has 1 amide bonds. The van der Waals surface area contributed by atoms with Crippen LogP contribution >= 0.6 is 0 Å². The Balaban J connectivity index is 1.84. The van der Waals surface area contributed by atoms with Crippen LogP contribution in [0.15, 0.2) is 18.2 Å². The van der Waals surface area contributed by atoms with Crippen molar-refractivity contribution in [2.45, 2.75) is 31.7 Å². The Kier molecular flexibility index (Phi) is 4.24. The van der Waals surface area contributed by atoms with E-state index in [4.69, 9.17) is 4.74 Å². The van der Waals surface area contributed by atoms with Gasteiger partial charge in [0.05, 0.1) is 18.6 Å². The summed E-state index contributed by atoms with van der Waals surface area (Å²) < 4.78 is 19.1. The smallest absolute Gasteiger partial charge is 0.306 e. The van der Waals surface area contributed by atoms with E-state index in [2.05, 4.69) is 0 Å². The monoisotopic (exact) mass is 321 g/mol. The molecule has 1 aliphatic carbocycles. The van der Waals surface area contributed by atoms with Crippen molar-refractivity contribution in [3.05, 3.63) is 29.6 Å². The van der Waals surface area contributed by atoms with Crippen LogP contribution in [-0.2, 0) is 4.79 Å². The minimum absolute atomic E-state index is 0.0187. The van der Waals surface area contributed by atoms with E-state index in [9.17, 15) is 19.1 Å². The molecule has 2 aliphatic rings. The van der Waals surface area contributed by atoms with E-state index in [0.717, 1.165) is 19.3 Å². The fourth-order valence-corrected chi connectivity index (χ4v) is 3.99. The number of nitrogens with zero attached hydrogens (tertiary/aromatic N) is 1. The molecule has 1 heterocycles. The van der Waals surface area contributed by atoms with E-state index in [0.29, 0.717) is 18.7 Å². The summed E-state index contributed by atoms with van der Waals surface area (Å²) in [5.41, 5.74) is 0.0187. The van der Waals surface area contributed by atoms with Crippen LogP contribution in [0.3, 0.4) is 0 Å². The van der Waals surface area contributed by atoms with Gasteiger partial charge in [0.25, 0.3) is 5.91 Å². The topological polar surface area (TPSA) is 66.8 Å². The molecule has 1 aromatic carbocycles. The highest BCUT2D eigenvalue weighted by Crippen LogP contribution is 2.41. The molecule has 1 aromatic rings. The van der Waals surface area contributed by atoms with Crippen LogP contribution in [0.25, 0.3) is 0 Å². The van der Waals surface area contributed by atoms with Gasteiger partial charge < -0.3 is 14.7 Å². The van der Waals surface area contributed by atoms with Crippen molar-refractivity contribution < 1.29 is 23.8 Å². The molecule has 0 bridgehead atoms. The summed E-state index contributed by atoms with van der Waals surface area (Å²) in [5, 5.41) is 9.35. The summed E-state index contributed by atoms with van der Waals surface area (Å²) in [6, 6.07) is 4.10. The number of carbonyl (C=O) groups is 2. The zero-order valence-electron chi connectivity index (χ0n) is 13.0. The number of benzene rings is 1. The lowest BCUT2D eigenvalue weighted by Gasteiger charge is -2.41. The van der Waals surface area contributed by atoms with E-state index in [1.807, 2.05) is 0 Å². The molecular formula is C17H20FNO4. The number of hydrogen-bond donors (Lipinski definition) is 1. The highest BCUT2D eigenvalue weighted by Gasteiger charge is 2.45. The zero-order valence-corrected chi connectivity index (χ0v) is 13.0. The molecule has 3 unspecified atom stereocenters. The second-order valence-electron chi connectivity index (χ2n) is 6.24. The van der Waals surface area contributed by atoms with Gasteiger partial charge in [-0.1, -0.05) is 6.42 Å². The Morgan fingerprint density at radius 2 is 2.09 bits per heavy atom. The van der Waals surface area contributed by atoms with Crippen LogP contribution in [0.5, 0.6) is 5.75 Å². The number of methoxy groups -OCH3 is 1. The first-order valence-corrected chi connectivity index (χ1v) is 7.90. The highest BCUT2D eigenvalue weighted by atomic mass is 19.1. The van der Waals surface area contributed by atoms with Crippen molar-refractivity contribution in [2.24, 2.45) is 11.8 Å². The third kappa shape index (κ3) is 2.78. The van der Waals surface area contributed by atoms with E-state index in [-0.39, 0.29) is 23.4 Å². The van der Waals surface area contributed by atoms with Crippen LogP contribution < -0.4 is 4.74 Å². The summed E-state index contributed by atoms with van der Waals surface area (Å²) in [7, 11) is 1.44. The lowest BCUT2D eigenvalue weighted by atomic mass is 9.81. The summed E-state index contributed by atoms with van der Waals surface area (Å²) >= 11 is 0. The number of carbonyl (C=O) groups excluding carboxylic acids is 1. The molecule has 2 fully saturated rings. The second kappa shape index (κ2) is 6.18. The van der Waals surface area contributed by atoms with Crippen LogP contribution in [0.2, 0.25) is 0 Å². The molecule has 0 spiro atoms. The Hall–Kier alpha value is -2.11. The molecule has 6 heteroatoms. The van der Waals surface area contributed by atoms with Gasteiger partial charge in [-0.3, -0.25) is 9.59 Å². The van der Waals surface area contributed by atoms with Gasteiger partial charge in [0.15, 0.2) is 0 Å². The quantitative estimate of drug-likeness (QED) is 0.929. The molecule has 124 valence electrons. The lowest BCUT2D eigenvalue weighted by molar-refractivity contribution is -0.146. The van der Waals surface area contributed by atoms with Crippen LogP contribution in [0.1, 0.15) is 36.0 Å². The van der Waals surface area contributed by atoms with Gasteiger partial charge in [0.1, 0.15) is 11.6 Å². The number of piperidine rings is 1. The van der Waals surface area contributed by atoms with E-state index in [1.165, 1.54) is 19.2 Å². The maximum absolute atomic E-state index is 14.2. The van der Waals surface area contributed by atoms with Crippen LogP contribution in [-0.4, -0.2) is 41.6 Å². The molecule has 1 saturated heterocycles. The lowest BCUT2D eigenvalue weighted by Crippen LogP contribution is -2.51. The van der Waals surface area contributed by atoms with Gasteiger partial charge in [-0.15, -0.1) is 0 Å². The molecule has 0 radical (unpaired) electrons. The van der Waals surface area contributed by atoms with Crippen LogP contribution in [0, 0.1) is 17.7 Å². The molecule has 1 saturated carbocycles. The van der Waals surface area contributed by atoms with Crippen molar-refractivity contribution in [2.75, 3.05) is 13.7 Å². The number of ether oxygens (including phenoxy) is 1. The maximum Gasteiger partial charge on any atom is 0.306 e. The maximum atomic E-state index is 14.2. The standard InChI is InChI=1S/C17H20FNO4/c1-23-10-5-6-13(14(18)9-10)16(20)19-8-7-12(17(21)22)11-3-2-4-15(11)19/h5-6,9,11-12,15H,2-4,7-8H2,1H3,(H,21,22). The number of rotatable bonds is 3. The number of aliphatic carboxylic acids is 1. The van der Waals surface area contributed by atoms with Crippen molar-refractivity contribution >= 4 is 11.9 Å². The van der Waals surface area contributed by atoms with Crippen molar-refractivity contribution in [1.29, 1.82) is 0 Å². The third-order valence-corrected chi connectivity index (χ3v) is 5.11. The first-order chi connectivity index (χ1) is 11.0. The van der Waals surface area contributed by atoms with E-state index < -0.39 is 17.7 Å². The zero-order chi connectivity index (χ0) is 16.6. The molecule has 3 rings (SSSR count). The largest absolute Gasteiger partial charge is 0.497 e. The predicted octanol–water partition coefficient (Wildman–Crippen LogP) is 2.55. The average molecular weight is 321 g/mol. The van der Waals surface area contributed by atoms with E-state index in [1.54, 1.807) is 11.0 Å². The highest BCUT2D eigenvalue weighted by molar-refractivity contribution is 5.95. The molecule has 5 nitrogen and oxygen atoms in total. The van der Waals surface area contributed by atoms with Crippen molar-refractivity contribution in [3.8, 4) is 5.75 Å². The van der Waals surface area contributed by atoms with Gasteiger partial charge in [-0.2, -0.15) is 0 Å². The number of halogens is 1. The van der Waals surface area contributed by atoms with E-state index >= 15 is 0 Å². The number of amides is 1. The fraction of sp³-hybridized carbons (Fsp3) is 0.529. The molecule has 1 N–H and O–H groups in total. The van der Waals surface area contributed by atoms with Crippen molar-refractivity contribution in [3.63, 3.8) is 0 Å². The van der Waals surface area contributed by atoms with Gasteiger partial charge in [-0.25, -0.2) is 4.39 Å². The Morgan fingerprint density at radius 3 is 2.74 bits per heavy atom. The first-order valence-electron chi connectivity index (χ1n) is 7.90. The Morgan fingerprint density at radius 1 is 1.30 bits per heavy atom. The third-order valence-electron chi connectivity index (χ3n) is 5.11. The summed E-state index contributed by atoms with van der Waals surface area (Å²) in [4.78, 5) is 25.8. The molecular weight excluding hydrogens is 301 g/mol.